The van der Waals surface area contributed by atoms with Gasteiger partial charge in [0.05, 0.1) is 6.10 Å². The van der Waals surface area contributed by atoms with E-state index in [0.29, 0.717) is 12.5 Å². The number of hydrogen-bond acceptors (Lipinski definition) is 4. The minimum atomic E-state index is -0.610. The van der Waals surface area contributed by atoms with Gasteiger partial charge in [-0.15, -0.1) is 0 Å². The maximum absolute atomic E-state index is 11.3. The van der Waals surface area contributed by atoms with Crippen molar-refractivity contribution in [2.24, 2.45) is 11.7 Å². The van der Waals surface area contributed by atoms with E-state index < -0.39 is 12.2 Å². The van der Waals surface area contributed by atoms with Crippen LogP contribution in [0.15, 0.2) is 0 Å². The fourth-order valence-electron chi connectivity index (χ4n) is 1.28. The van der Waals surface area contributed by atoms with Crippen LogP contribution in [0.1, 0.15) is 12.8 Å². The molecule has 5 nitrogen and oxygen atoms in total. The summed E-state index contributed by atoms with van der Waals surface area (Å²) in [5, 5.41) is 12.1. The second kappa shape index (κ2) is 5.29. The molecule has 0 aromatic rings. The van der Waals surface area contributed by atoms with Crippen molar-refractivity contribution >= 4 is 5.91 Å². The normalized spacial score (nSPS) is 20.2. The molecule has 4 N–H and O–H groups in total. The maximum atomic E-state index is 11.3. The molecule has 5 heteroatoms. The Kier molecular flexibility index (Phi) is 4.31. The summed E-state index contributed by atoms with van der Waals surface area (Å²) in [6.07, 6.45) is 1.08. The average molecular weight is 202 g/mol. The summed E-state index contributed by atoms with van der Waals surface area (Å²) in [7, 11) is 1.44. The number of ether oxygens (including phenoxy) is 1. The fourth-order valence-corrected chi connectivity index (χ4v) is 1.28. The van der Waals surface area contributed by atoms with Crippen molar-refractivity contribution in [2.75, 3.05) is 20.2 Å². The summed E-state index contributed by atoms with van der Waals surface area (Å²) in [6.45, 7) is 0.450. The van der Waals surface area contributed by atoms with Gasteiger partial charge in [-0.25, -0.2) is 0 Å². The number of hydrogen-bond donors (Lipinski definition) is 3. The molecule has 0 aliphatic heterocycles. The molecule has 2 unspecified atom stereocenters. The Hall–Kier alpha value is -0.650. The average Bonchev–Trinajstić information content (AvgIpc) is 2.99. The summed E-state index contributed by atoms with van der Waals surface area (Å²) < 4.78 is 4.85. The van der Waals surface area contributed by atoms with Crippen molar-refractivity contribution in [3.8, 4) is 0 Å². The van der Waals surface area contributed by atoms with Gasteiger partial charge in [-0.05, 0) is 18.8 Å². The van der Waals surface area contributed by atoms with E-state index in [1.54, 1.807) is 0 Å². The van der Waals surface area contributed by atoms with E-state index in [1.165, 1.54) is 7.11 Å². The molecule has 0 heterocycles. The lowest BCUT2D eigenvalue weighted by Gasteiger charge is -2.15. The number of carbonyl (C=O) groups is 1. The van der Waals surface area contributed by atoms with Crippen LogP contribution in [0.5, 0.6) is 0 Å². The summed E-state index contributed by atoms with van der Waals surface area (Å²) in [5.41, 5.74) is 5.31. The van der Waals surface area contributed by atoms with Gasteiger partial charge < -0.3 is 20.9 Å². The van der Waals surface area contributed by atoms with Crippen molar-refractivity contribution in [2.45, 2.75) is 25.0 Å². The Morgan fingerprint density at radius 3 is 2.79 bits per heavy atom. The zero-order valence-electron chi connectivity index (χ0n) is 8.40. The first kappa shape index (κ1) is 11.4. The van der Waals surface area contributed by atoms with Crippen LogP contribution in [-0.4, -0.2) is 43.4 Å². The van der Waals surface area contributed by atoms with Crippen molar-refractivity contribution in [1.82, 2.24) is 5.32 Å². The Balaban J connectivity index is 2.18. The van der Waals surface area contributed by atoms with Gasteiger partial charge in [0.1, 0.15) is 6.10 Å². The van der Waals surface area contributed by atoms with Crippen molar-refractivity contribution in [3.05, 3.63) is 0 Å². The van der Waals surface area contributed by atoms with E-state index in [4.69, 9.17) is 10.5 Å². The lowest BCUT2D eigenvalue weighted by atomic mass is 10.2. The van der Waals surface area contributed by atoms with Crippen LogP contribution in [-0.2, 0) is 9.53 Å². The van der Waals surface area contributed by atoms with Gasteiger partial charge in [-0.2, -0.15) is 0 Å². The van der Waals surface area contributed by atoms with Gasteiger partial charge >= 0.3 is 0 Å². The molecular weight excluding hydrogens is 184 g/mol. The highest BCUT2D eigenvalue weighted by Crippen LogP contribution is 2.32. The van der Waals surface area contributed by atoms with Crippen molar-refractivity contribution in [3.63, 3.8) is 0 Å². The smallest absolute Gasteiger partial charge is 0.250 e. The van der Waals surface area contributed by atoms with Gasteiger partial charge in [0, 0.05) is 20.2 Å². The van der Waals surface area contributed by atoms with Crippen LogP contribution in [0, 0.1) is 5.92 Å². The first-order valence-corrected chi connectivity index (χ1v) is 4.87. The molecule has 14 heavy (non-hydrogen) atoms. The number of carbonyl (C=O) groups excluding carboxylic acids is 1. The Labute approximate surface area is 83.6 Å². The lowest BCUT2D eigenvalue weighted by Crippen LogP contribution is -2.43. The highest BCUT2D eigenvalue weighted by Gasteiger charge is 2.30. The number of methoxy groups -OCH3 is 1. The first-order valence-electron chi connectivity index (χ1n) is 4.87. The van der Waals surface area contributed by atoms with Crippen molar-refractivity contribution in [1.29, 1.82) is 0 Å². The third-order valence-electron chi connectivity index (χ3n) is 2.44. The molecule has 0 spiro atoms. The van der Waals surface area contributed by atoms with E-state index in [9.17, 15) is 9.90 Å². The van der Waals surface area contributed by atoms with E-state index in [2.05, 4.69) is 5.32 Å². The van der Waals surface area contributed by atoms with Gasteiger partial charge in [-0.3, -0.25) is 4.79 Å². The molecule has 1 aliphatic carbocycles. The molecule has 1 rings (SSSR count). The van der Waals surface area contributed by atoms with Crippen LogP contribution in [0.4, 0.5) is 0 Å². The molecule has 0 saturated heterocycles. The number of rotatable bonds is 6. The molecule has 82 valence electrons. The minimum absolute atomic E-state index is 0.155. The zero-order valence-corrected chi connectivity index (χ0v) is 8.40. The third-order valence-corrected chi connectivity index (χ3v) is 2.44. The highest BCUT2D eigenvalue weighted by molar-refractivity contribution is 5.81. The lowest BCUT2D eigenvalue weighted by molar-refractivity contribution is -0.131. The van der Waals surface area contributed by atoms with Gasteiger partial charge in [0.15, 0.2) is 0 Å². The minimum Gasteiger partial charge on any atom is -0.391 e. The predicted molar refractivity (Wildman–Crippen MR) is 51.6 cm³/mol. The van der Waals surface area contributed by atoms with Crippen LogP contribution < -0.4 is 11.1 Å². The SMILES string of the molecule is COC(CN)C(=O)NCC(O)C1CC1. The number of nitrogens with two attached hydrogens (primary N) is 1. The summed E-state index contributed by atoms with van der Waals surface area (Å²) in [6, 6.07) is 0. The van der Waals surface area contributed by atoms with Crippen LogP contribution in [0.25, 0.3) is 0 Å². The molecule has 0 aromatic carbocycles. The summed E-state index contributed by atoms with van der Waals surface area (Å²) in [4.78, 5) is 11.3. The summed E-state index contributed by atoms with van der Waals surface area (Å²) in [5.74, 6) is 0.115. The largest absolute Gasteiger partial charge is 0.391 e. The number of aliphatic hydroxyl groups is 1. The topological polar surface area (TPSA) is 84.6 Å². The Morgan fingerprint density at radius 2 is 2.36 bits per heavy atom. The molecule has 0 bridgehead atoms. The van der Waals surface area contributed by atoms with Crippen LogP contribution >= 0.6 is 0 Å². The maximum Gasteiger partial charge on any atom is 0.250 e. The molecular formula is C9H18N2O3. The molecule has 1 amide bonds. The molecule has 1 aliphatic rings. The molecule has 0 aromatic heterocycles. The molecule has 1 saturated carbocycles. The van der Waals surface area contributed by atoms with E-state index in [-0.39, 0.29) is 12.5 Å². The van der Waals surface area contributed by atoms with Gasteiger partial charge in [-0.1, -0.05) is 0 Å². The van der Waals surface area contributed by atoms with Gasteiger partial charge in [0.2, 0.25) is 0 Å². The first-order chi connectivity index (χ1) is 6.69. The van der Waals surface area contributed by atoms with Gasteiger partial charge in [0.25, 0.3) is 5.91 Å². The number of aliphatic hydroxyl groups excluding tert-OH is 1. The summed E-state index contributed by atoms with van der Waals surface area (Å²) >= 11 is 0. The fraction of sp³-hybridized carbons (Fsp3) is 0.889. The monoisotopic (exact) mass is 202 g/mol. The standard InChI is InChI=1S/C9H18N2O3/c1-14-8(4-10)9(13)11-5-7(12)6-2-3-6/h6-8,12H,2-5,10H2,1H3,(H,11,13). The Bertz CT molecular complexity index is 190. The second-order valence-electron chi connectivity index (χ2n) is 3.61. The zero-order chi connectivity index (χ0) is 10.6. The van der Waals surface area contributed by atoms with E-state index >= 15 is 0 Å². The number of amides is 1. The molecule has 1 fully saturated rings. The van der Waals surface area contributed by atoms with Crippen LogP contribution in [0.2, 0.25) is 0 Å². The highest BCUT2D eigenvalue weighted by atomic mass is 16.5. The van der Waals surface area contributed by atoms with Crippen LogP contribution in [0.3, 0.4) is 0 Å². The second-order valence-corrected chi connectivity index (χ2v) is 3.61. The number of nitrogens with one attached hydrogen (secondary N) is 1. The molecule has 2 atom stereocenters. The third kappa shape index (κ3) is 3.25. The Morgan fingerprint density at radius 1 is 1.71 bits per heavy atom. The molecule has 0 radical (unpaired) electrons. The predicted octanol–water partition coefficient (Wildman–Crippen LogP) is -1.15. The quantitative estimate of drug-likeness (QED) is 0.507. The van der Waals surface area contributed by atoms with E-state index in [1.807, 2.05) is 0 Å². The van der Waals surface area contributed by atoms with E-state index in [0.717, 1.165) is 12.8 Å². The van der Waals surface area contributed by atoms with Crippen molar-refractivity contribution < 1.29 is 14.6 Å².